The molecule has 0 aliphatic rings. The van der Waals surface area contributed by atoms with E-state index in [1.165, 1.54) is 173 Å². The molecular weight excluding hydrogens is 873 g/mol. The van der Waals surface area contributed by atoms with Gasteiger partial charge in [-0.1, -0.05) is 297 Å². The van der Waals surface area contributed by atoms with E-state index < -0.39 is 6.10 Å². The molecule has 0 aromatic heterocycles. The van der Waals surface area contributed by atoms with Crippen molar-refractivity contribution < 1.29 is 24.2 Å². The first kappa shape index (κ1) is 67.8. The Hall–Kier alpha value is -3.18. The standard InChI is InChI=1S/C66H114O5/c1-3-5-7-9-11-13-15-17-19-21-23-25-26-27-28-29-30-31-32-33-34-35-36-37-38-39-40-41-43-45-47-49-51-53-55-57-59-61-66(69)71-64(62-67)63-70-65(68)60-58-56-54-52-50-48-46-44-42-24-22-20-18-16-14-12-10-8-6-4-2/h5,7,11,13,17,19,23,25,27-28,30-31,33-34,36-37,64,67H,3-4,6,8-10,12,14-16,18,20-22,24,26,29,32,35,38-63H2,1-2H3/b7-5-,13-11-,19-17-,25-23-,28-27-,31-30-,34-33-,37-36-. The molecule has 0 radical (unpaired) electrons. The van der Waals surface area contributed by atoms with Gasteiger partial charge in [0, 0.05) is 12.8 Å². The zero-order chi connectivity index (χ0) is 51.3. The van der Waals surface area contributed by atoms with Crippen molar-refractivity contribution in [1.82, 2.24) is 0 Å². The Morgan fingerprint density at radius 2 is 0.606 bits per heavy atom. The molecule has 0 aliphatic carbocycles. The summed E-state index contributed by atoms with van der Waals surface area (Å²) in [5.41, 5.74) is 0. The van der Waals surface area contributed by atoms with Gasteiger partial charge in [0.2, 0.25) is 0 Å². The molecule has 0 spiro atoms. The zero-order valence-electron chi connectivity index (χ0n) is 46.7. The third kappa shape index (κ3) is 59.3. The predicted octanol–water partition coefficient (Wildman–Crippen LogP) is 20.7. The minimum Gasteiger partial charge on any atom is -0.462 e. The van der Waals surface area contributed by atoms with Gasteiger partial charge >= 0.3 is 11.9 Å². The van der Waals surface area contributed by atoms with E-state index in [0.29, 0.717) is 12.8 Å². The van der Waals surface area contributed by atoms with E-state index in [-0.39, 0.29) is 25.2 Å². The molecule has 5 heteroatoms. The van der Waals surface area contributed by atoms with Crippen LogP contribution < -0.4 is 0 Å². The van der Waals surface area contributed by atoms with Crippen LogP contribution in [0, 0.1) is 0 Å². The van der Waals surface area contributed by atoms with Gasteiger partial charge in [0.15, 0.2) is 6.10 Å². The molecule has 0 saturated heterocycles. The number of carbonyl (C=O) groups excluding carboxylic acids is 2. The van der Waals surface area contributed by atoms with Crippen molar-refractivity contribution in [1.29, 1.82) is 0 Å². The average Bonchev–Trinajstić information content (AvgIpc) is 3.37. The molecule has 0 bridgehead atoms. The van der Waals surface area contributed by atoms with Crippen molar-refractivity contribution in [2.45, 2.75) is 296 Å². The summed E-state index contributed by atoms with van der Waals surface area (Å²) in [6.45, 7) is 4.05. The van der Waals surface area contributed by atoms with E-state index in [0.717, 1.165) is 89.9 Å². The average molecular weight is 988 g/mol. The summed E-state index contributed by atoms with van der Waals surface area (Å²) in [5, 5.41) is 9.66. The number of unbranched alkanes of at least 4 members (excludes halogenated alkanes) is 31. The van der Waals surface area contributed by atoms with Crippen LogP contribution in [-0.2, 0) is 19.1 Å². The van der Waals surface area contributed by atoms with E-state index in [1.54, 1.807) is 0 Å². The molecule has 71 heavy (non-hydrogen) atoms. The lowest BCUT2D eigenvalue weighted by Gasteiger charge is -2.15. The van der Waals surface area contributed by atoms with Crippen molar-refractivity contribution in [3.8, 4) is 0 Å². The number of aliphatic hydroxyl groups is 1. The highest BCUT2D eigenvalue weighted by Gasteiger charge is 2.16. The van der Waals surface area contributed by atoms with Gasteiger partial charge in [-0.3, -0.25) is 9.59 Å². The summed E-state index contributed by atoms with van der Waals surface area (Å²) in [5.74, 6) is -0.584. The first-order chi connectivity index (χ1) is 35.1. The minimum absolute atomic E-state index is 0.0661. The van der Waals surface area contributed by atoms with E-state index in [1.807, 2.05) is 0 Å². The second kappa shape index (κ2) is 61.1. The Kier molecular flexibility index (Phi) is 58.4. The van der Waals surface area contributed by atoms with Crippen molar-refractivity contribution in [2.75, 3.05) is 13.2 Å². The molecule has 1 N–H and O–H groups in total. The van der Waals surface area contributed by atoms with Crippen LogP contribution in [0.25, 0.3) is 0 Å². The molecular formula is C66H114O5. The molecule has 0 aliphatic heterocycles. The van der Waals surface area contributed by atoms with E-state index >= 15 is 0 Å². The van der Waals surface area contributed by atoms with Crippen molar-refractivity contribution in [2.24, 2.45) is 0 Å². The number of ether oxygens (including phenoxy) is 2. The fourth-order valence-corrected chi connectivity index (χ4v) is 8.63. The van der Waals surface area contributed by atoms with Gasteiger partial charge in [-0.2, -0.15) is 0 Å². The molecule has 0 aromatic rings. The Morgan fingerprint density at radius 3 is 0.915 bits per heavy atom. The summed E-state index contributed by atoms with van der Waals surface area (Å²) in [6.07, 6.45) is 86.8. The van der Waals surface area contributed by atoms with Crippen LogP contribution in [0.2, 0.25) is 0 Å². The third-order valence-corrected chi connectivity index (χ3v) is 13.1. The molecule has 0 saturated carbocycles. The van der Waals surface area contributed by atoms with Gasteiger partial charge in [0.05, 0.1) is 6.61 Å². The summed E-state index contributed by atoms with van der Waals surface area (Å²) < 4.78 is 10.7. The van der Waals surface area contributed by atoms with Crippen LogP contribution in [0.15, 0.2) is 97.2 Å². The Labute approximate surface area is 440 Å². The quantitative estimate of drug-likeness (QED) is 0.0373. The lowest BCUT2D eigenvalue weighted by molar-refractivity contribution is -0.161. The number of rotatable bonds is 55. The highest BCUT2D eigenvalue weighted by atomic mass is 16.6. The number of hydrogen-bond donors (Lipinski definition) is 1. The summed E-state index contributed by atoms with van der Waals surface area (Å²) in [7, 11) is 0. The highest BCUT2D eigenvalue weighted by Crippen LogP contribution is 2.17. The monoisotopic (exact) mass is 987 g/mol. The van der Waals surface area contributed by atoms with Crippen LogP contribution in [0.1, 0.15) is 290 Å². The van der Waals surface area contributed by atoms with Gasteiger partial charge in [-0.05, 0) is 77.0 Å². The molecule has 0 amide bonds. The second-order valence-corrected chi connectivity index (χ2v) is 20.1. The van der Waals surface area contributed by atoms with Crippen molar-refractivity contribution >= 4 is 11.9 Å². The topological polar surface area (TPSA) is 72.8 Å². The molecule has 0 aromatic carbocycles. The normalized spacial score (nSPS) is 12.9. The molecule has 408 valence electrons. The molecule has 5 nitrogen and oxygen atoms in total. The lowest BCUT2D eigenvalue weighted by Crippen LogP contribution is -2.28. The number of allylic oxidation sites excluding steroid dienone is 16. The second-order valence-electron chi connectivity index (χ2n) is 20.1. The highest BCUT2D eigenvalue weighted by molar-refractivity contribution is 5.70. The zero-order valence-corrected chi connectivity index (χ0v) is 46.7. The maximum atomic E-state index is 12.3. The van der Waals surface area contributed by atoms with Gasteiger partial charge in [-0.25, -0.2) is 0 Å². The Morgan fingerprint density at radius 1 is 0.338 bits per heavy atom. The van der Waals surface area contributed by atoms with E-state index in [4.69, 9.17) is 9.47 Å². The fourth-order valence-electron chi connectivity index (χ4n) is 8.63. The van der Waals surface area contributed by atoms with Crippen LogP contribution in [0.3, 0.4) is 0 Å². The lowest BCUT2D eigenvalue weighted by atomic mass is 10.0. The number of esters is 2. The predicted molar refractivity (Wildman–Crippen MR) is 311 cm³/mol. The Balaban J connectivity index is 3.51. The maximum absolute atomic E-state index is 12.3. The third-order valence-electron chi connectivity index (χ3n) is 13.1. The smallest absolute Gasteiger partial charge is 0.306 e. The van der Waals surface area contributed by atoms with E-state index in [2.05, 4.69) is 111 Å². The summed E-state index contributed by atoms with van der Waals surface area (Å²) in [4.78, 5) is 24.5. The van der Waals surface area contributed by atoms with Crippen molar-refractivity contribution in [3.63, 3.8) is 0 Å². The first-order valence-corrected chi connectivity index (χ1v) is 30.3. The maximum Gasteiger partial charge on any atom is 0.306 e. The van der Waals surface area contributed by atoms with Gasteiger partial charge < -0.3 is 14.6 Å². The molecule has 0 fully saturated rings. The minimum atomic E-state index is -0.776. The fraction of sp³-hybridized carbons (Fsp3) is 0.727. The van der Waals surface area contributed by atoms with E-state index in [9.17, 15) is 14.7 Å². The van der Waals surface area contributed by atoms with Gasteiger partial charge in [0.1, 0.15) is 6.61 Å². The molecule has 0 heterocycles. The largest absolute Gasteiger partial charge is 0.462 e. The van der Waals surface area contributed by atoms with Crippen LogP contribution in [0.5, 0.6) is 0 Å². The summed E-state index contributed by atoms with van der Waals surface area (Å²) in [6, 6.07) is 0. The number of aliphatic hydroxyl groups excluding tert-OH is 1. The summed E-state index contributed by atoms with van der Waals surface area (Å²) >= 11 is 0. The van der Waals surface area contributed by atoms with Gasteiger partial charge in [0.25, 0.3) is 0 Å². The molecule has 1 unspecified atom stereocenters. The van der Waals surface area contributed by atoms with Gasteiger partial charge in [-0.15, -0.1) is 0 Å². The van der Waals surface area contributed by atoms with Crippen LogP contribution in [0.4, 0.5) is 0 Å². The molecule has 1 atom stereocenters. The number of hydrogen-bond acceptors (Lipinski definition) is 5. The van der Waals surface area contributed by atoms with Crippen LogP contribution >= 0.6 is 0 Å². The molecule has 0 rings (SSSR count). The first-order valence-electron chi connectivity index (χ1n) is 30.3. The SMILES string of the molecule is CC/C=C\C/C=C\C/C=C\C/C=C\C/C=C\C/C=C\C/C=C\C/C=C\CCCCCCCCCCCCCCC(=O)OC(CO)COC(=O)CCCCCCCCCCCCCCCCCCCCCC. The van der Waals surface area contributed by atoms with Crippen molar-refractivity contribution in [3.05, 3.63) is 97.2 Å². The van der Waals surface area contributed by atoms with Crippen LogP contribution in [-0.4, -0.2) is 36.4 Å². The Bertz CT molecular complexity index is 1350. The number of carbonyl (C=O) groups is 2.